The van der Waals surface area contributed by atoms with Crippen molar-refractivity contribution in [2.24, 2.45) is 17.8 Å². The summed E-state index contributed by atoms with van der Waals surface area (Å²) in [6.07, 6.45) is 30.1. The summed E-state index contributed by atoms with van der Waals surface area (Å²) in [5.41, 5.74) is 10.3. The lowest BCUT2D eigenvalue weighted by Gasteiger charge is -2.29. The number of hydrogen-bond acceptors (Lipinski definition) is 0. The van der Waals surface area contributed by atoms with E-state index in [1.807, 2.05) is 0 Å². The Bertz CT molecular complexity index is 1230. The number of benzene rings is 2. The lowest BCUT2D eigenvalue weighted by molar-refractivity contribution is 0.272. The van der Waals surface area contributed by atoms with E-state index in [-0.39, 0.29) is 0 Å². The summed E-state index contributed by atoms with van der Waals surface area (Å²) in [6, 6.07) is 20.6. The number of fused-ring (bicyclic) bond motifs is 1. The molecule has 0 spiro atoms. The minimum Gasteiger partial charge on any atom is -0.0836 e. The Morgan fingerprint density at radius 3 is 2.03 bits per heavy atom. The van der Waals surface area contributed by atoms with E-state index in [0.717, 1.165) is 24.7 Å². The summed E-state index contributed by atoms with van der Waals surface area (Å²) in [4.78, 5) is 0. The molecule has 0 amide bonds. The van der Waals surface area contributed by atoms with Crippen LogP contribution in [0.1, 0.15) is 55.2 Å². The predicted octanol–water partition coefficient (Wildman–Crippen LogP) is 9.08. The zero-order chi connectivity index (χ0) is 24.2. The maximum Gasteiger partial charge on any atom is 0.0281 e. The van der Waals surface area contributed by atoms with Gasteiger partial charge in [-0.15, -0.1) is 0 Å². The zero-order valence-corrected chi connectivity index (χ0v) is 21.4. The molecule has 0 heteroatoms. The van der Waals surface area contributed by atoms with Crippen LogP contribution in [0.25, 0.3) is 0 Å². The van der Waals surface area contributed by atoms with Crippen LogP contribution in [-0.4, -0.2) is 0 Å². The molecule has 1 fully saturated rings. The third kappa shape index (κ3) is 5.34. The molecule has 0 aromatic heterocycles. The maximum atomic E-state index is 2.41. The number of rotatable bonds is 7. The maximum absolute atomic E-state index is 2.41. The molecule has 4 aliphatic carbocycles. The fourth-order valence-electron chi connectivity index (χ4n) is 6.64. The second-order valence-electron chi connectivity index (χ2n) is 11.2. The van der Waals surface area contributed by atoms with Gasteiger partial charge in [0, 0.05) is 5.92 Å². The van der Waals surface area contributed by atoms with E-state index in [2.05, 4.69) is 103 Å². The van der Waals surface area contributed by atoms with Gasteiger partial charge in [0.15, 0.2) is 0 Å². The Hall–Kier alpha value is -3.12. The summed E-state index contributed by atoms with van der Waals surface area (Å²) in [6.45, 7) is 0. The van der Waals surface area contributed by atoms with Gasteiger partial charge in [-0.3, -0.25) is 0 Å². The van der Waals surface area contributed by atoms with Crippen LogP contribution >= 0.6 is 0 Å². The molecule has 6 rings (SSSR count). The molecule has 1 unspecified atom stereocenters. The smallest absolute Gasteiger partial charge is 0.0281 e. The van der Waals surface area contributed by atoms with Crippen LogP contribution in [0.4, 0.5) is 0 Å². The summed E-state index contributed by atoms with van der Waals surface area (Å²) < 4.78 is 0. The van der Waals surface area contributed by atoms with Gasteiger partial charge >= 0.3 is 0 Å². The fourth-order valence-corrected chi connectivity index (χ4v) is 6.64. The molecule has 36 heavy (non-hydrogen) atoms. The van der Waals surface area contributed by atoms with Crippen molar-refractivity contribution in [1.29, 1.82) is 0 Å². The highest BCUT2D eigenvalue weighted by Crippen LogP contribution is 2.41. The highest BCUT2D eigenvalue weighted by molar-refractivity contribution is 5.60. The number of allylic oxidation sites excluding steroid dienone is 12. The normalized spacial score (nSPS) is 25.1. The van der Waals surface area contributed by atoms with Crippen molar-refractivity contribution in [2.45, 2.75) is 57.8 Å². The van der Waals surface area contributed by atoms with Gasteiger partial charge in [0.2, 0.25) is 0 Å². The van der Waals surface area contributed by atoms with Gasteiger partial charge < -0.3 is 0 Å². The standard InChI is InChI=1S/C36H38/c1-3-8-27(9-4-1)24-28-14-16-29(17-15-28)25-30-18-20-31(21-19-30)26-33-22-23-35(32-10-5-2-6-11-32)36-13-7-12-34(33)36/h1,3-5,7-13,18-23,28-29,36H,2,6,14-17,24-26H2. The molecule has 0 N–H and O–H groups in total. The van der Waals surface area contributed by atoms with E-state index in [9.17, 15) is 0 Å². The van der Waals surface area contributed by atoms with E-state index in [4.69, 9.17) is 0 Å². The molecule has 0 aliphatic heterocycles. The van der Waals surface area contributed by atoms with Gasteiger partial charge in [-0.2, -0.15) is 0 Å². The van der Waals surface area contributed by atoms with Gasteiger partial charge in [0.1, 0.15) is 0 Å². The largest absolute Gasteiger partial charge is 0.0836 e. The predicted molar refractivity (Wildman–Crippen MR) is 153 cm³/mol. The SMILES string of the molecule is C1=CC2C(C3=CCCC=C3)=CC=C(Cc3ccc(CC4CCC(Cc5ccccc5)CC4)cc3)C2=C1. The monoisotopic (exact) mass is 470 g/mol. The Morgan fingerprint density at radius 2 is 1.33 bits per heavy atom. The van der Waals surface area contributed by atoms with Crippen LogP contribution in [-0.2, 0) is 19.3 Å². The highest BCUT2D eigenvalue weighted by atomic mass is 14.3. The minimum atomic E-state index is 0.426. The second-order valence-corrected chi connectivity index (χ2v) is 11.2. The second kappa shape index (κ2) is 10.9. The van der Waals surface area contributed by atoms with Crippen molar-refractivity contribution >= 4 is 0 Å². The van der Waals surface area contributed by atoms with Gasteiger partial charge in [0.25, 0.3) is 0 Å². The zero-order valence-electron chi connectivity index (χ0n) is 21.4. The van der Waals surface area contributed by atoms with E-state index < -0.39 is 0 Å². The van der Waals surface area contributed by atoms with Crippen molar-refractivity contribution < 1.29 is 0 Å². The molecule has 0 heterocycles. The minimum absolute atomic E-state index is 0.426. The third-order valence-corrected chi connectivity index (χ3v) is 8.69. The molecule has 0 bridgehead atoms. The van der Waals surface area contributed by atoms with Crippen molar-refractivity contribution in [3.63, 3.8) is 0 Å². The first kappa shape index (κ1) is 23.3. The molecule has 0 nitrogen and oxygen atoms in total. The quantitative estimate of drug-likeness (QED) is 0.378. The Kier molecular flexibility index (Phi) is 7.03. The molecular weight excluding hydrogens is 432 g/mol. The molecule has 0 saturated heterocycles. The average Bonchev–Trinajstić information content (AvgIpc) is 3.43. The van der Waals surface area contributed by atoms with Crippen LogP contribution < -0.4 is 0 Å². The summed E-state index contributed by atoms with van der Waals surface area (Å²) in [5, 5.41) is 0. The van der Waals surface area contributed by atoms with E-state index in [1.165, 1.54) is 83.9 Å². The third-order valence-electron chi connectivity index (χ3n) is 8.69. The fraction of sp³-hybridized carbons (Fsp3) is 0.333. The van der Waals surface area contributed by atoms with E-state index >= 15 is 0 Å². The lowest BCUT2D eigenvalue weighted by atomic mass is 9.77. The van der Waals surface area contributed by atoms with Crippen LogP contribution in [0.2, 0.25) is 0 Å². The number of hydrogen-bond donors (Lipinski definition) is 0. The van der Waals surface area contributed by atoms with E-state index in [1.54, 1.807) is 0 Å². The molecule has 2 aromatic carbocycles. The average molecular weight is 471 g/mol. The van der Waals surface area contributed by atoms with Crippen molar-refractivity contribution in [1.82, 2.24) is 0 Å². The molecule has 1 atom stereocenters. The molecular formula is C36H38. The summed E-state index contributed by atoms with van der Waals surface area (Å²) >= 11 is 0. The van der Waals surface area contributed by atoms with Crippen molar-refractivity contribution in [3.8, 4) is 0 Å². The van der Waals surface area contributed by atoms with Gasteiger partial charge in [0.05, 0.1) is 0 Å². The van der Waals surface area contributed by atoms with Crippen LogP contribution in [0, 0.1) is 17.8 Å². The molecule has 2 aromatic rings. The van der Waals surface area contributed by atoms with Crippen molar-refractivity contribution in [3.05, 3.63) is 142 Å². The highest BCUT2D eigenvalue weighted by Gasteiger charge is 2.26. The lowest BCUT2D eigenvalue weighted by Crippen LogP contribution is -2.18. The topological polar surface area (TPSA) is 0 Å². The first-order chi connectivity index (χ1) is 17.8. The first-order valence-electron chi connectivity index (χ1n) is 14.1. The Labute approximate surface area is 217 Å². The Morgan fingerprint density at radius 1 is 0.639 bits per heavy atom. The van der Waals surface area contributed by atoms with Crippen molar-refractivity contribution in [2.75, 3.05) is 0 Å². The van der Waals surface area contributed by atoms with Crippen LogP contribution in [0.15, 0.2) is 125 Å². The summed E-state index contributed by atoms with van der Waals surface area (Å²) in [5.74, 6) is 2.15. The van der Waals surface area contributed by atoms with Gasteiger partial charge in [-0.05, 0) is 109 Å². The van der Waals surface area contributed by atoms with Gasteiger partial charge in [-0.1, -0.05) is 103 Å². The first-order valence-corrected chi connectivity index (χ1v) is 14.1. The van der Waals surface area contributed by atoms with Gasteiger partial charge in [-0.25, -0.2) is 0 Å². The Balaban J connectivity index is 1.04. The molecule has 4 aliphatic rings. The molecule has 1 saturated carbocycles. The van der Waals surface area contributed by atoms with Crippen LogP contribution in [0.5, 0.6) is 0 Å². The van der Waals surface area contributed by atoms with Crippen LogP contribution in [0.3, 0.4) is 0 Å². The molecule has 182 valence electrons. The summed E-state index contributed by atoms with van der Waals surface area (Å²) in [7, 11) is 0. The van der Waals surface area contributed by atoms with E-state index in [0.29, 0.717) is 5.92 Å². The molecule has 0 radical (unpaired) electrons.